The van der Waals surface area contributed by atoms with Gasteiger partial charge in [0, 0.05) is 31.6 Å². The zero-order chi connectivity index (χ0) is 14.5. The van der Waals surface area contributed by atoms with Crippen LogP contribution in [0.15, 0.2) is 48.8 Å². The maximum absolute atomic E-state index is 5.46. The highest BCUT2D eigenvalue weighted by Gasteiger charge is 2.20. The van der Waals surface area contributed by atoms with Gasteiger partial charge in [0.2, 0.25) is 0 Å². The van der Waals surface area contributed by atoms with E-state index in [0.717, 1.165) is 26.1 Å². The lowest BCUT2D eigenvalue weighted by Crippen LogP contribution is -2.37. The smallest absolute Gasteiger partial charge is 0.0579 e. The molecule has 0 saturated carbocycles. The Kier molecular flexibility index (Phi) is 4.63. The molecule has 2 heterocycles. The number of nitrogens with zero attached hydrogens (tertiary/aromatic N) is 1. The van der Waals surface area contributed by atoms with Gasteiger partial charge in [0.15, 0.2) is 0 Å². The fourth-order valence-corrected chi connectivity index (χ4v) is 2.80. The number of aromatic nitrogens is 1. The Morgan fingerprint density at radius 2 is 1.62 bits per heavy atom. The van der Waals surface area contributed by atoms with Gasteiger partial charge < -0.3 is 10.1 Å². The molecule has 1 aromatic carbocycles. The third kappa shape index (κ3) is 3.69. The molecule has 1 atom stereocenters. The molecular formula is C18H22N2O. The van der Waals surface area contributed by atoms with E-state index in [9.17, 15) is 0 Å². The highest BCUT2D eigenvalue weighted by molar-refractivity contribution is 5.32. The molecule has 1 N–H and O–H groups in total. The van der Waals surface area contributed by atoms with Crippen LogP contribution in [0, 0.1) is 6.92 Å². The zero-order valence-electron chi connectivity index (χ0n) is 12.5. The summed E-state index contributed by atoms with van der Waals surface area (Å²) < 4.78 is 5.46. The van der Waals surface area contributed by atoms with E-state index >= 15 is 0 Å². The molecule has 3 heteroatoms. The van der Waals surface area contributed by atoms with E-state index in [4.69, 9.17) is 4.74 Å². The summed E-state index contributed by atoms with van der Waals surface area (Å²) in [5, 5.41) is 3.80. The number of hydrogen-bond acceptors (Lipinski definition) is 3. The molecule has 3 rings (SSSR count). The number of rotatable bonds is 4. The SMILES string of the molecule is Cc1ccc([C@H](NC2CCOCC2)c2ccncc2)cc1. The molecule has 3 nitrogen and oxygen atoms in total. The fourth-order valence-electron chi connectivity index (χ4n) is 2.80. The summed E-state index contributed by atoms with van der Waals surface area (Å²) in [7, 11) is 0. The van der Waals surface area contributed by atoms with Crippen molar-refractivity contribution in [1.82, 2.24) is 10.3 Å². The Hall–Kier alpha value is -1.71. The molecule has 1 fully saturated rings. The summed E-state index contributed by atoms with van der Waals surface area (Å²) >= 11 is 0. The van der Waals surface area contributed by atoms with Gasteiger partial charge in [-0.15, -0.1) is 0 Å². The fraction of sp³-hybridized carbons (Fsp3) is 0.389. The maximum atomic E-state index is 5.46. The first-order chi connectivity index (χ1) is 10.3. The Labute approximate surface area is 126 Å². The lowest BCUT2D eigenvalue weighted by molar-refractivity contribution is 0.0761. The lowest BCUT2D eigenvalue weighted by Gasteiger charge is -2.29. The van der Waals surface area contributed by atoms with Gasteiger partial charge in [-0.05, 0) is 43.0 Å². The Balaban J connectivity index is 1.85. The van der Waals surface area contributed by atoms with Crippen molar-refractivity contribution in [3.8, 4) is 0 Å². The first-order valence-corrected chi connectivity index (χ1v) is 7.63. The van der Waals surface area contributed by atoms with E-state index in [0.29, 0.717) is 6.04 Å². The van der Waals surface area contributed by atoms with Gasteiger partial charge in [0.05, 0.1) is 6.04 Å². The molecule has 0 radical (unpaired) electrons. The molecule has 0 spiro atoms. The van der Waals surface area contributed by atoms with Crippen LogP contribution in [0.3, 0.4) is 0 Å². The summed E-state index contributed by atoms with van der Waals surface area (Å²) in [5.41, 5.74) is 3.86. The molecule has 0 aliphatic carbocycles. The predicted molar refractivity (Wildman–Crippen MR) is 84.2 cm³/mol. The second-order valence-electron chi connectivity index (χ2n) is 5.68. The van der Waals surface area contributed by atoms with Crippen LogP contribution in [0.1, 0.15) is 35.6 Å². The van der Waals surface area contributed by atoms with Crippen molar-refractivity contribution in [1.29, 1.82) is 0 Å². The van der Waals surface area contributed by atoms with Gasteiger partial charge in [-0.3, -0.25) is 4.98 Å². The van der Waals surface area contributed by atoms with Crippen molar-refractivity contribution in [3.63, 3.8) is 0 Å². The predicted octanol–water partition coefficient (Wildman–Crippen LogP) is 3.25. The summed E-state index contributed by atoms with van der Waals surface area (Å²) in [6.07, 6.45) is 5.88. The van der Waals surface area contributed by atoms with Gasteiger partial charge in [0.25, 0.3) is 0 Å². The topological polar surface area (TPSA) is 34.1 Å². The number of benzene rings is 1. The van der Waals surface area contributed by atoms with Crippen LogP contribution >= 0.6 is 0 Å². The number of ether oxygens (including phenoxy) is 1. The molecule has 1 aliphatic heterocycles. The highest BCUT2D eigenvalue weighted by atomic mass is 16.5. The minimum absolute atomic E-state index is 0.219. The van der Waals surface area contributed by atoms with E-state index in [1.807, 2.05) is 12.4 Å². The van der Waals surface area contributed by atoms with E-state index in [1.165, 1.54) is 16.7 Å². The minimum atomic E-state index is 0.219. The molecule has 1 saturated heterocycles. The van der Waals surface area contributed by atoms with Crippen molar-refractivity contribution in [2.24, 2.45) is 0 Å². The molecule has 0 bridgehead atoms. The van der Waals surface area contributed by atoms with Crippen LogP contribution in [0.4, 0.5) is 0 Å². The monoisotopic (exact) mass is 282 g/mol. The quantitative estimate of drug-likeness (QED) is 0.934. The number of aryl methyl sites for hydroxylation is 1. The molecule has 2 aromatic rings. The molecule has 1 aromatic heterocycles. The standard InChI is InChI=1S/C18H22N2O/c1-14-2-4-15(5-3-14)18(16-6-10-19-11-7-16)20-17-8-12-21-13-9-17/h2-7,10-11,17-18,20H,8-9,12-13H2,1H3/t18-/m0/s1. The minimum Gasteiger partial charge on any atom is -0.381 e. The van der Waals surface area contributed by atoms with Gasteiger partial charge in [-0.2, -0.15) is 0 Å². The van der Waals surface area contributed by atoms with Crippen LogP contribution in [0.2, 0.25) is 0 Å². The molecule has 1 aliphatic rings. The van der Waals surface area contributed by atoms with Crippen molar-refractivity contribution < 1.29 is 4.74 Å². The van der Waals surface area contributed by atoms with Crippen LogP contribution < -0.4 is 5.32 Å². The number of nitrogens with one attached hydrogen (secondary N) is 1. The summed E-state index contributed by atoms with van der Waals surface area (Å²) in [6, 6.07) is 13.7. The van der Waals surface area contributed by atoms with Gasteiger partial charge in [0.1, 0.15) is 0 Å². The summed E-state index contributed by atoms with van der Waals surface area (Å²) in [4.78, 5) is 4.13. The summed E-state index contributed by atoms with van der Waals surface area (Å²) in [6.45, 7) is 3.83. The second-order valence-corrected chi connectivity index (χ2v) is 5.68. The first kappa shape index (κ1) is 14.2. The molecule has 0 unspecified atom stereocenters. The van der Waals surface area contributed by atoms with Crippen LogP contribution in [0.25, 0.3) is 0 Å². The van der Waals surface area contributed by atoms with Crippen molar-refractivity contribution in [2.45, 2.75) is 31.8 Å². The second kappa shape index (κ2) is 6.83. The van der Waals surface area contributed by atoms with Gasteiger partial charge in [-0.1, -0.05) is 29.8 Å². The Morgan fingerprint density at radius 3 is 2.29 bits per heavy atom. The van der Waals surface area contributed by atoms with E-state index in [2.05, 4.69) is 53.6 Å². The lowest BCUT2D eigenvalue weighted by atomic mass is 9.96. The van der Waals surface area contributed by atoms with Crippen molar-refractivity contribution in [3.05, 3.63) is 65.5 Å². The molecule has 21 heavy (non-hydrogen) atoms. The molecular weight excluding hydrogens is 260 g/mol. The van der Waals surface area contributed by atoms with Crippen LogP contribution in [0.5, 0.6) is 0 Å². The highest BCUT2D eigenvalue weighted by Crippen LogP contribution is 2.24. The molecule has 0 amide bonds. The molecule has 110 valence electrons. The van der Waals surface area contributed by atoms with E-state index in [1.54, 1.807) is 0 Å². The first-order valence-electron chi connectivity index (χ1n) is 7.63. The van der Waals surface area contributed by atoms with Crippen LogP contribution in [-0.4, -0.2) is 24.2 Å². The van der Waals surface area contributed by atoms with Crippen LogP contribution in [-0.2, 0) is 4.74 Å². The Bertz CT molecular complexity index is 547. The summed E-state index contributed by atoms with van der Waals surface area (Å²) in [5.74, 6) is 0. The van der Waals surface area contributed by atoms with E-state index < -0.39 is 0 Å². The Morgan fingerprint density at radius 1 is 1.00 bits per heavy atom. The third-order valence-corrected chi connectivity index (χ3v) is 4.07. The largest absolute Gasteiger partial charge is 0.381 e. The average Bonchev–Trinajstić information content (AvgIpc) is 2.55. The van der Waals surface area contributed by atoms with Crippen molar-refractivity contribution >= 4 is 0 Å². The third-order valence-electron chi connectivity index (χ3n) is 4.07. The normalized spacial score (nSPS) is 17.6. The number of hydrogen-bond donors (Lipinski definition) is 1. The zero-order valence-corrected chi connectivity index (χ0v) is 12.5. The average molecular weight is 282 g/mol. The number of pyridine rings is 1. The maximum Gasteiger partial charge on any atom is 0.0579 e. The van der Waals surface area contributed by atoms with Crippen molar-refractivity contribution in [2.75, 3.05) is 13.2 Å². The van der Waals surface area contributed by atoms with E-state index in [-0.39, 0.29) is 6.04 Å². The van der Waals surface area contributed by atoms with Gasteiger partial charge >= 0.3 is 0 Å². The van der Waals surface area contributed by atoms with Gasteiger partial charge in [-0.25, -0.2) is 0 Å².